The second kappa shape index (κ2) is 6.10. The molecule has 1 unspecified atom stereocenters. The number of nitrogens with zero attached hydrogens (tertiary/aromatic N) is 3. The summed E-state index contributed by atoms with van der Waals surface area (Å²) in [4.78, 5) is 17.5. The maximum absolute atomic E-state index is 10.5. The molecule has 0 spiro atoms. The van der Waals surface area contributed by atoms with Gasteiger partial charge in [0, 0.05) is 0 Å². The van der Waals surface area contributed by atoms with Gasteiger partial charge in [-0.25, -0.2) is 4.98 Å². The van der Waals surface area contributed by atoms with Crippen LogP contribution in [-0.4, -0.2) is 32.6 Å². The molecule has 1 atom stereocenters. The van der Waals surface area contributed by atoms with Gasteiger partial charge in [0.25, 0.3) is 0 Å². The number of aromatic nitrogens is 2. The van der Waals surface area contributed by atoms with E-state index in [1.54, 1.807) is 0 Å². The fourth-order valence-electron chi connectivity index (χ4n) is 1.53. The zero-order valence-electron chi connectivity index (χ0n) is 10.3. The second-order valence-corrected chi connectivity index (χ2v) is 4.37. The lowest BCUT2D eigenvalue weighted by Gasteiger charge is -2.17. The molecule has 0 fully saturated rings. The molecule has 18 heavy (non-hydrogen) atoms. The van der Waals surface area contributed by atoms with Crippen molar-refractivity contribution in [3.63, 3.8) is 0 Å². The van der Waals surface area contributed by atoms with Crippen LogP contribution in [0.15, 0.2) is 6.20 Å². The zero-order chi connectivity index (χ0) is 13.7. The highest BCUT2D eigenvalue weighted by Gasteiger charge is 2.16. The van der Waals surface area contributed by atoms with E-state index >= 15 is 0 Å². The number of aliphatic hydroxyl groups is 1. The smallest absolute Gasteiger partial charge is 0.329 e. The van der Waals surface area contributed by atoms with Crippen molar-refractivity contribution in [1.82, 2.24) is 9.97 Å². The van der Waals surface area contributed by atoms with Gasteiger partial charge in [0.05, 0.1) is 17.6 Å². The average molecular weight is 255 g/mol. The number of nitro groups is 1. The molecule has 0 saturated carbocycles. The van der Waals surface area contributed by atoms with Gasteiger partial charge < -0.3 is 16.2 Å². The van der Waals surface area contributed by atoms with Gasteiger partial charge >= 0.3 is 5.69 Å². The van der Waals surface area contributed by atoms with Crippen LogP contribution in [0.5, 0.6) is 0 Å². The van der Waals surface area contributed by atoms with Crippen LogP contribution in [0.4, 0.5) is 17.5 Å². The van der Waals surface area contributed by atoms with Crippen molar-refractivity contribution in [2.75, 3.05) is 17.7 Å². The molecule has 0 aliphatic rings. The van der Waals surface area contributed by atoms with Gasteiger partial charge in [-0.3, -0.25) is 10.1 Å². The first-order valence-corrected chi connectivity index (χ1v) is 5.58. The number of rotatable bonds is 6. The van der Waals surface area contributed by atoms with E-state index in [9.17, 15) is 15.2 Å². The van der Waals surface area contributed by atoms with Crippen LogP contribution in [0.2, 0.25) is 0 Å². The van der Waals surface area contributed by atoms with Gasteiger partial charge in [0.1, 0.15) is 6.20 Å². The Hall–Kier alpha value is -1.96. The van der Waals surface area contributed by atoms with Gasteiger partial charge in [0.2, 0.25) is 11.8 Å². The first kappa shape index (κ1) is 14.1. The number of nitrogens with one attached hydrogen (secondary N) is 1. The van der Waals surface area contributed by atoms with Crippen LogP contribution in [0, 0.1) is 16.0 Å². The molecule has 1 aromatic rings. The van der Waals surface area contributed by atoms with Crippen molar-refractivity contribution in [3.05, 3.63) is 16.3 Å². The van der Waals surface area contributed by atoms with Gasteiger partial charge in [-0.15, -0.1) is 0 Å². The highest BCUT2D eigenvalue weighted by molar-refractivity contribution is 5.53. The molecule has 8 nitrogen and oxygen atoms in total. The Morgan fingerprint density at radius 3 is 2.72 bits per heavy atom. The summed E-state index contributed by atoms with van der Waals surface area (Å²) in [7, 11) is 0. The summed E-state index contributed by atoms with van der Waals surface area (Å²) in [5.74, 6) is 0.376. The molecule has 0 amide bonds. The Balaban J connectivity index is 2.78. The van der Waals surface area contributed by atoms with E-state index in [-0.39, 0.29) is 30.1 Å². The van der Waals surface area contributed by atoms with Crippen LogP contribution in [0.1, 0.15) is 20.3 Å². The fraction of sp³-hybridized carbons (Fsp3) is 0.600. The number of nitrogens with two attached hydrogens (primary N) is 1. The predicted molar refractivity (Wildman–Crippen MR) is 67.1 cm³/mol. The van der Waals surface area contributed by atoms with Gasteiger partial charge in [-0.1, -0.05) is 13.8 Å². The topological polar surface area (TPSA) is 127 Å². The number of anilines is 2. The van der Waals surface area contributed by atoms with E-state index < -0.39 is 4.92 Å². The minimum Gasteiger partial charge on any atom is -0.394 e. The lowest BCUT2D eigenvalue weighted by Crippen LogP contribution is -2.26. The minimum atomic E-state index is -0.642. The van der Waals surface area contributed by atoms with E-state index in [4.69, 9.17) is 5.73 Å². The van der Waals surface area contributed by atoms with Gasteiger partial charge in [-0.2, -0.15) is 4.98 Å². The van der Waals surface area contributed by atoms with Gasteiger partial charge in [0.15, 0.2) is 0 Å². The third-order valence-electron chi connectivity index (χ3n) is 2.30. The van der Waals surface area contributed by atoms with E-state index in [1.165, 1.54) is 0 Å². The molecular formula is C10H17N5O3. The lowest BCUT2D eigenvalue weighted by molar-refractivity contribution is -0.384. The van der Waals surface area contributed by atoms with Crippen molar-refractivity contribution in [3.8, 4) is 0 Å². The molecule has 8 heteroatoms. The molecule has 1 heterocycles. The first-order valence-electron chi connectivity index (χ1n) is 5.58. The van der Waals surface area contributed by atoms with E-state index in [0.717, 1.165) is 12.6 Å². The minimum absolute atomic E-state index is 0.0710. The van der Waals surface area contributed by atoms with Crippen LogP contribution < -0.4 is 11.1 Å². The molecular weight excluding hydrogens is 238 g/mol. The number of nitrogen functional groups attached to an aromatic ring is 1. The van der Waals surface area contributed by atoms with Crippen molar-refractivity contribution in [1.29, 1.82) is 0 Å². The predicted octanol–water partition coefficient (Wildman–Crippen LogP) is 0.786. The summed E-state index contributed by atoms with van der Waals surface area (Å²) in [6.07, 6.45) is 1.78. The van der Waals surface area contributed by atoms with E-state index in [2.05, 4.69) is 15.3 Å². The Labute approximate surface area is 104 Å². The summed E-state index contributed by atoms with van der Waals surface area (Å²) < 4.78 is 0. The van der Waals surface area contributed by atoms with Gasteiger partial charge in [-0.05, 0) is 12.3 Å². The lowest BCUT2D eigenvalue weighted by atomic mass is 10.0. The zero-order valence-corrected chi connectivity index (χ0v) is 10.3. The van der Waals surface area contributed by atoms with Crippen molar-refractivity contribution in [2.24, 2.45) is 5.92 Å². The number of aliphatic hydroxyl groups excluding tert-OH is 1. The second-order valence-electron chi connectivity index (χ2n) is 4.37. The summed E-state index contributed by atoms with van der Waals surface area (Å²) in [5.41, 5.74) is 5.12. The maximum atomic E-state index is 10.5. The molecule has 100 valence electrons. The first-order chi connectivity index (χ1) is 8.43. The van der Waals surface area contributed by atoms with E-state index in [0.29, 0.717) is 5.92 Å². The molecule has 0 aliphatic carbocycles. The normalized spacial score (nSPS) is 12.4. The number of hydrogen-bond donors (Lipinski definition) is 3. The fourth-order valence-corrected chi connectivity index (χ4v) is 1.53. The Bertz CT molecular complexity index is 424. The standard InChI is InChI=1S/C10H17N5O3/c1-6(2)3-7(5-16)13-10-12-4-8(15(17)18)9(11)14-10/h4,6-7,16H,3,5H2,1-2H3,(H3,11,12,13,14). The average Bonchev–Trinajstić information content (AvgIpc) is 2.27. The molecule has 0 radical (unpaired) electrons. The molecule has 0 saturated heterocycles. The number of hydrogen-bond acceptors (Lipinski definition) is 7. The van der Waals surface area contributed by atoms with Crippen molar-refractivity contribution in [2.45, 2.75) is 26.3 Å². The van der Waals surface area contributed by atoms with Crippen LogP contribution in [-0.2, 0) is 0 Å². The van der Waals surface area contributed by atoms with Crippen LogP contribution in [0.25, 0.3) is 0 Å². The molecule has 0 aromatic carbocycles. The molecule has 0 aliphatic heterocycles. The van der Waals surface area contributed by atoms with E-state index in [1.807, 2.05) is 13.8 Å². The summed E-state index contributed by atoms with van der Waals surface area (Å²) >= 11 is 0. The van der Waals surface area contributed by atoms with Crippen molar-refractivity contribution >= 4 is 17.5 Å². The third kappa shape index (κ3) is 3.81. The Kier molecular flexibility index (Phi) is 4.78. The molecule has 0 bridgehead atoms. The SMILES string of the molecule is CC(C)CC(CO)Nc1ncc([N+](=O)[O-])c(N)n1. The molecule has 4 N–H and O–H groups in total. The highest BCUT2D eigenvalue weighted by Crippen LogP contribution is 2.19. The maximum Gasteiger partial charge on any atom is 0.329 e. The summed E-state index contributed by atoms with van der Waals surface area (Å²) in [5, 5.41) is 22.6. The van der Waals surface area contributed by atoms with Crippen LogP contribution >= 0.6 is 0 Å². The monoisotopic (exact) mass is 255 g/mol. The summed E-state index contributed by atoms with van der Waals surface area (Å²) in [6, 6.07) is -0.203. The highest BCUT2D eigenvalue weighted by atomic mass is 16.6. The quantitative estimate of drug-likeness (QED) is 0.506. The Morgan fingerprint density at radius 2 is 2.28 bits per heavy atom. The third-order valence-corrected chi connectivity index (χ3v) is 2.30. The van der Waals surface area contributed by atoms with Crippen molar-refractivity contribution < 1.29 is 10.0 Å². The van der Waals surface area contributed by atoms with Crippen LogP contribution in [0.3, 0.4) is 0 Å². The molecule has 1 rings (SSSR count). The summed E-state index contributed by atoms with van der Waals surface area (Å²) in [6.45, 7) is 3.98. The Morgan fingerprint density at radius 1 is 1.61 bits per heavy atom. The largest absolute Gasteiger partial charge is 0.394 e. The molecule has 1 aromatic heterocycles.